The van der Waals surface area contributed by atoms with E-state index in [0.29, 0.717) is 38.4 Å². The normalized spacial score (nSPS) is 10.6. The maximum absolute atomic E-state index is 12.1. The van der Waals surface area contributed by atoms with Crippen LogP contribution in [0.1, 0.15) is 25.3 Å². The molecule has 0 aliphatic heterocycles. The van der Waals surface area contributed by atoms with Crippen LogP contribution in [0.2, 0.25) is 15.1 Å². The van der Waals surface area contributed by atoms with Crippen molar-refractivity contribution in [3.8, 4) is 0 Å². The molecule has 0 fully saturated rings. The minimum atomic E-state index is -0.447. The predicted molar refractivity (Wildman–Crippen MR) is 125 cm³/mol. The summed E-state index contributed by atoms with van der Waals surface area (Å²) in [4.78, 5) is 23.8. The van der Waals surface area contributed by atoms with Crippen LogP contribution in [0.5, 0.6) is 0 Å². The second-order valence-electron chi connectivity index (χ2n) is 5.94. The summed E-state index contributed by atoms with van der Waals surface area (Å²) in [6.07, 6.45) is 4.01. The summed E-state index contributed by atoms with van der Waals surface area (Å²) in [6, 6.07) is 9.90. The molecule has 5 nitrogen and oxygen atoms in total. The van der Waals surface area contributed by atoms with Gasteiger partial charge in [-0.1, -0.05) is 47.8 Å². The third kappa shape index (κ3) is 7.66. The molecule has 2 rings (SSSR count). The number of hydrogen-bond acceptors (Lipinski definition) is 3. The Balaban J connectivity index is 1.98. The van der Waals surface area contributed by atoms with E-state index in [0.717, 1.165) is 6.42 Å². The third-order valence-corrected chi connectivity index (χ3v) is 4.69. The Morgan fingerprint density at radius 3 is 2.48 bits per heavy atom. The molecule has 2 aromatic carbocycles. The molecule has 0 saturated carbocycles. The molecule has 0 aliphatic rings. The highest BCUT2D eigenvalue weighted by Gasteiger charge is 2.08. The maximum atomic E-state index is 12.1. The summed E-state index contributed by atoms with van der Waals surface area (Å²) in [5, 5.41) is 9.51. The zero-order valence-corrected chi connectivity index (χ0v) is 18.5. The molecule has 0 atom stereocenters. The van der Waals surface area contributed by atoms with E-state index in [-0.39, 0.29) is 11.0 Å². The first-order valence-electron chi connectivity index (χ1n) is 8.63. The molecule has 0 saturated heterocycles. The van der Waals surface area contributed by atoms with Crippen molar-refractivity contribution in [3.05, 3.63) is 63.1 Å². The Morgan fingerprint density at radius 2 is 1.79 bits per heavy atom. The number of carbonyl (C=O) groups is 2. The number of rotatable bonds is 6. The lowest BCUT2D eigenvalue weighted by molar-refractivity contribution is -0.116. The van der Waals surface area contributed by atoms with E-state index in [1.807, 2.05) is 6.92 Å². The first-order valence-corrected chi connectivity index (χ1v) is 10.2. The van der Waals surface area contributed by atoms with Gasteiger partial charge in [0.15, 0.2) is 5.11 Å². The average Bonchev–Trinajstić information content (AvgIpc) is 2.64. The Bertz CT molecular complexity index is 964. The van der Waals surface area contributed by atoms with Gasteiger partial charge >= 0.3 is 0 Å². The van der Waals surface area contributed by atoms with Crippen LogP contribution in [-0.4, -0.2) is 16.9 Å². The zero-order valence-electron chi connectivity index (χ0n) is 15.4. The van der Waals surface area contributed by atoms with Crippen LogP contribution < -0.4 is 16.0 Å². The molecule has 0 aliphatic carbocycles. The van der Waals surface area contributed by atoms with Crippen LogP contribution >= 0.6 is 47.0 Å². The summed E-state index contributed by atoms with van der Waals surface area (Å²) in [7, 11) is 0. The van der Waals surface area contributed by atoms with Gasteiger partial charge in [-0.3, -0.25) is 14.9 Å². The fraction of sp³-hybridized carbons (Fsp3) is 0.150. The van der Waals surface area contributed by atoms with Crippen LogP contribution in [-0.2, 0) is 9.59 Å². The molecule has 0 radical (unpaired) electrons. The van der Waals surface area contributed by atoms with Crippen molar-refractivity contribution in [2.45, 2.75) is 19.8 Å². The highest BCUT2D eigenvalue weighted by Crippen LogP contribution is 2.26. The Labute approximate surface area is 189 Å². The van der Waals surface area contributed by atoms with Gasteiger partial charge in [-0.25, -0.2) is 0 Å². The average molecular weight is 471 g/mol. The van der Waals surface area contributed by atoms with E-state index in [2.05, 4.69) is 16.0 Å². The monoisotopic (exact) mass is 469 g/mol. The minimum Gasteiger partial charge on any atom is -0.331 e. The van der Waals surface area contributed by atoms with Crippen LogP contribution in [0.4, 0.5) is 11.4 Å². The van der Waals surface area contributed by atoms with Crippen molar-refractivity contribution in [2.75, 3.05) is 10.6 Å². The summed E-state index contributed by atoms with van der Waals surface area (Å²) >= 11 is 23.2. The molecule has 0 bridgehead atoms. The van der Waals surface area contributed by atoms with Crippen LogP contribution in [0, 0.1) is 0 Å². The van der Waals surface area contributed by atoms with Gasteiger partial charge in [0.2, 0.25) is 11.8 Å². The SMILES string of the molecule is CCCC(=O)Nc1ccc(Cl)c(NC(=S)NC(=O)C=Cc2ccc(Cl)cc2Cl)c1. The lowest BCUT2D eigenvalue weighted by Crippen LogP contribution is -2.32. The van der Waals surface area contributed by atoms with Crippen molar-refractivity contribution >= 4 is 81.4 Å². The van der Waals surface area contributed by atoms with E-state index in [4.69, 9.17) is 47.0 Å². The number of benzene rings is 2. The largest absolute Gasteiger partial charge is 0.331 e. The fourth-order valence-corrected chi connectivity index (χ4v) is 3.11. The second kappa shape index (κ2) is 11.2. The van der Waals surface area contributed by atoms with Crippen LogP contribution in [0.15, 0.2) is 42.5 Å². The topological polar surface area (TPSA) is 70.2 Å². The van der Waals surface area contributed by atoms with E-state index < -0.39 is 5.91 Å². The Hall–Kier alpha value is -2.12. The molecule has 29 heavy (non-hydrogen) atoms. The summed E-state index contributed by atoms with van der Waals surface area (Å²) < 4.78 is 0. The van der Waals surface area contributed by atoms with Gasteiger partial charge in [-0.05, 0) is 60.6 Å². The van der Waals surface area contributed by atoms with Crippen molar-refractivity contribution in [1.29, 1.82) is 0 Å². The molecule has 152 valence electrons. The first-order chi connectivity index (χ1) is 13.8. The number of halogens is 3. The number of anilines is 2. The van der Waals surface area contributed by atoms with Gasteiger partial charge in [-0.2, -0.15) is 0 Å². The predicted octanol–water partition coefficient (Wildman–Crippen LogP) is 5.91. The van der Waals surface area contributed by atoms with E-state index in [1.165, 1.54) is 6.08 Å². The van der Waals surface area contributed by atoms with Gasteiger partial charge < -0.3 is 10.6 Å². The molecule has 2 aromatic rings. The first kappa shape index (κ1) is 23.2. The highest BCUT2D eigenvalue weighted by atomic mass is 35.5. The van der Waals surface area contributed by atoms with Crippen LogP contribution in [0.3, 0.4) is 0 Å². The van der Waals surface area contributed by atoms with Gasteiger partial charge in [0, 0.05) is 28.2 Å². The molecule has 0 heterocycles. The highest BCUT2D eigenvalue weighted by molar-refractivity contribution is 7.80. The summed E-state index contributed by atoms with van der Waals surface area (Å²) in [5.74, 6) is -0.542. The Kier molecular flexibility index (Phi) is 8.92. The van der Waals surface area contributed by atoms with Crippen LogP contribution in [0.25, 0.3) is 6.08 Å². The lowest BCUT2D eigenvalue weighted by atomic mass is 10.2. The van der Waals surface area contributed by atoms with Gasteiger partial charge in [-0.15, -0.1) is 0 Å². The number of hydrogen-bond donors (Lipinski definition) is 3. The van der Waals surface area contributed by atoms with E-state index >= 15 is 0 Å². The smallest absolute Gasteiger partial charge is 0.250 e. The van der Waals surface area contributed by atoms with Crippen molar-refractivity contribution in [3.63, 3.8) is 0 Å². The number of carbonyl (C=O) groups excluding carboxylic acids is 2. The molecule has 2 amide bonds. The molecule has 0 aromatic heterocycles. The Morgan fingerprint density at radius 1 is 1.03 bits per heavy atom. The van der Waals surface area contributed by atoms with Gasteiger partial charge in [0.05, 0.1) is 10.7 Å². The number of thiocarbonyl (C=S) groups is 1. The number of amides is 2. The third-order valence-electron chi connectivity index (χ3n) is 3.59. The number of nitrogens with one attached hydrogen (secondary N) is 3. The van der Waals surface area contributed by atoms with Crippen molar-refractivity contribution in [1.82, 2.24) is 5.32 Å². The molecule has 9 heteroatoms. The molecule has 3 N–H and O–H groups in total. The van der Waals surface area contributed by atoms with Gasteiger partial charge in [0.1, 0.15) is 0 Å². The van der Waals surface area contributed by atoms with Gasteiger partial charge in [0.25, 0.3) is 0 Å². The van der Waals surface area contributed by atoms with E-state index in [1.54, 1.807) is 42.5 Å². The van der Waals surface area contributed by atoms with Crippen molar-refractivity contribution < 1.29 is 9.59 Å². The molecular weight excluding hydrogens is 453 g/mol. The molecule has 0 unspecified atom stereocenters. The summed E-state index contributed by atoms with van der Waals surface area (Å²) in [5.41, 5.74) is 1.67. The maximum Gasteiger partial charge on any atom is 0.250 e. The quantitative estimate of drug-likeness (QED) is 0.362. The fourth-order valence-electron chi connectivity index (χ4n) is 2.26. The molecule has 0 spiro atoms. The second-order valence-corrected chi connectivity index (χ2v) is 7.59. The molecular formula is C20H18Cl3N3O2S. The van der Waals surface area contributed by atoms with Crippen molar-refractivity contribution in [2.24, 2.45) is 0 Å². The standard InChI is InChI=1S/C20H18Cl3N3O2S/c1-2-3-18(27)24-14-7-8-15(22)17(11-14)25-20(29)26-19(28)9-5-12-4-6-13(21)10-16(12)23/h4-11H,2-3H2,1H3,(H,24,27)(H2,25,26,28,29). The summed E-state index contributed by atoms with van der Waals surface area (Å²) in [6.45, 7) is 1.92. The van der Waals surface area contributed by atoms with E-state index in [9.17, 15) is 9.59 Å². The zero-order chi connectivity index (χ0) is 21.4. The minimum absolute atomic E-state index is 0.0563. The lowest BCUT2D eigenvalue weighted by Gasteiger charge is -2.12.